The molecule has 0 aliphatic rings. The van der Waals surface area contributed by atoms with Gasteiger partial charge in [-0.1, -0.05) is 19.9 Å². The maximum atomic E-state index is 13.4. The summed E-state index contributed by atoms with van der Waals surface area (Å²) in [5, 5.41) is 13.7. The second-order valence-electron chi connectivity index (χ2n) is 6.28. The summed E-state index contributed by atoms with van der Waals surface area (Å²) >= 11 is 0. The number of nitrogens with one attached hydrogen (secondary N) is 1. The lowest BCUT2D eigenvalue weighted by atomic mass is 9.95. The van der Waals surface area contributed by atoms with Gasteiger partial charge in [0, 0.05) is 18.9 Å². The summed E-state index contributed by atoms with van der Waals surface area (Å²) in [6.07, 6.45) is 3.74. The number of nitrogens with zero attached hydrogens (tertiary/aromatic N) is 1. The maximum absolute atomic E-state index is 13.4. The zero-order valence-electron chi connectivity index (χ0n) is 16.7. The highest BCUT2D eigenvalue weighted by atomic mass is 31.2. The van der Waals surface area contributed by atoms with Crippen LogP contribution in [-0.4, -0.2) is 47.5 Å². The molecule has 27 heavy (non-hydrogen) atoms. The van der Waals surface area contributed by atoms with Crippen molar-refractivity contribution >= 4 is 13.5 Å². The van der Waals surface area contributed by atoms with E-state index in [0.29, 0.717) is 5.56 Å². The van der Waals surface area contributed by atoms with Crippen LogP contribution in [0.4, 0.5) is 0 Å². The predicted molar refractivity (Wildman–Crippen MR) is 106 cm³/mol. The molecule has 2 unspecified atom stereocenters. The minimum absolute atomic E-state index is 0.0400. The minimum atomic E-state index is -3.66. The van der Waals surface area contributed by atoms with E-state index < -0.39 is 19.4 Å². The highest BCUT2D eigenvalue weighted by Gasteiger charge is 2.42. The first-order valence-corrected chi connectivity index (χ1v) is 10.8. The SMILES string of the molecule is CC=C(C(C)C)C(O)C(CNC(=O)c1cccnc1)P(=O)(OCC)OCC. The van der Waals surface area contributed by atoms with Crippen LogP contribution in [-0.2, 0) is 13.6 Å². The molecule has 152 valence electrons. The number of allylic oxidation sites excluding steroid dienone is 1. The standard InChI is InChI=1S/C19H31N2O5P/c1-6-16(14(4)5)18(22)17(27(24,25-7-2)26-8-3)13-21-19(23)15-10-9-11-20-12-15/h6,9-12,14,17-18,22H,7-8,13H2,1-5H3,(H,21,23). The number of pyridine rings is 1. The molecular formula is C19H31N2O5P. The van der Waals surface area contributed by atoms with Crippen LogP contribution in [0.1, 0.15) is 45.0 Å². The van der Waals surface area contributed by atoms with Gasteiger partial charge in [-0.15, -0.1) is 0 Å². The highest BCUT2D eigenvalue weighted by molar-refractivity contribution is 7.54. The van der Waals surface area contributed by atoms with E-state index in [0.717, 1.165) is 5.57 Å². The maximum Gasteiger partial charge on any atom is 0.338 e. The summed E-state index contributed by atoms with van der Waals surface area (Å²) in [6, 6.07) is 3.28. The Hall–Kier alpha value is -1.53. The number of hydrogen-bond donors (Lipinski definition) is 2. The molecule has 1 aromatic heterocycles. The molecule has 0 spiro atoms. The van der Waals surface area contributed by atoms with E-state index in [1.165, 1.54) is 6.20 Å². The highest BCUT2D eigenvalue weighted by Crippen LogP contribution is 2.55. The molecule has 2 atom stereocenters. The van der Waals surface area contributed by atoms with Crippen LogP contribution in [0.2, 0.25) is 0 Å². The van der Waals surface area contributed by atoms with E-state index in [-0.39, 0.29) is 31.6 Å². The Labute approximate surface area is 161 Å². The van der Waals surface area contributed by atoms with Gasteiger partial charge in [0.15, 0.2) is 0 Å². The van der Waals surface area contributed by atoms with E-state index in [4.69, 9.17) is 9.05 Å². The zero-order chi connectivity index (χ0) is 20.4. The molecule has 1 aromatic rings. The van der Waals surface area contributed by atoms with Gasteiger partial charge in [0.2, 0.25) is 0 Å². The number of amides is 1. The van der Waals surface area contributed by atoms with Gasteiger partial charge in [-0.25, -0.2) is 0 Å². The van der Waals surface area contributed by atoms with E-state index in [2.05, 4.69) is 10.3 Å². The number of aliphatic hydroxyl groups is 1. The molecule has 8 heteroatoms. The Kier molecular flexibility index (Phi) is 9.88. The third-order valence-corrected chi connectivity index (χ3v) is 6.64. The van der Waals surface area contributed by atoms with Crippen molar-refractivity contribution in [2.75, 3.05) is 19.8 Å². The van der Waals surface area contributed by atoms with Crippen LogP contribution in [0.15, 0.2) is 36.2 Å². The molecule has 0 aliphatic heterocycles. The Morgan fingerprint density at radius 1 is 1.33 bits per heavy atom. The normalized spacial score (nSPS) is 14.9. The van der Waals surface area contributed by atoms with Gasteiger partial charge < -0.3 is 19.5 Å². The van der Waals surface area contributed by atoms with Gasteiger partial charge in [0.1, 0.15) is 5.66 Å². The first-order chi connectivity index (χ1) is 12.8. The van der Waals surface area contributed by atoms with Crippen molar-refractivity contribution in [3.63, 3.8) is 0 Å². The van der Waals surface area contributed by atoms with Crippen molar-refractivity contribution in [1.29, 1.82) is 0 Å². The van der Waals surface area contributed by atoms with Crippen molar-refractivity contribution in [3.8, 4) is 0 Å². The van der Waals surface area contributed by atoms with E-state index >= 15 is 0 Å². The lowest BCUT2D eigenvalue weighted by Crippen LogP contribution is -2.41. The monoisotopic (exact) mass is 398 g/mol. The zero-order valence-corrected chi connectivity index (χ0v) is 17.6. The quantitative estimate of drug-likeness (QED) is 0.438. The van der Waals surface area contributed by atoms with Crippen LogP contribution >= 0.6 is 7.60 Å². The predicted octanol–water partition coefficient (Wildman–Crippen LogP) is 3.41. The Morgan fingerprint density at radius 2 is 1.96 bits per heavy atom. The second kappa shape index (κ2) is 11.3. The van der Waals surface area contributed by atoms with Gasteiger partial charge in [0.25, 0.3) is 5.91 Å². The number of aliphatic hydroxyl groups excluding tert-OH is 1. The largest absolute Gasteiger partial charge is 0.388 e. The molecule has 1 heterocycles. The van der Waals surface area contributed by atoms with E-state index in [1.807, 2.05) is 20.8 Å². The smallest absolute Gasteiger partial charge is 0.338 e. The van der Waals surface area contributed by atoms with Crippen molar-refractivity contribution in [2.24, 2.45) is 5.92 Å². The molecule has 0 aromatic carbocycles. The van der Waals surface area contributed by atoms with Crippen molar-refractivity contribution in [3.05, 3.63) is 41.7 Å². The van der Waals surface area contributed by atoms with E-state index in [9.17, 15) is 14.5 Å². The lowest BCUT2D eigenvalue weighted by Gasteiger charge is -2.32. The lowest BCUT2D eigenvalue weighted by molar-refractivity contribution is 0.0942. The molecule has 0 radical (unpaired) electrons. The first kappa shape index (κ1) is 23.5. The Morgan fingerprint density at radius 3 is 2.41 bits per heavy atom. The summed E-state index contributed by atoms with van der Waals surface area (Å²) in [5.41, 5.74) is 0.172. The summed E-state index contributed by atoms with van der Waals surface area (Å²) in [7, 11) is -3.66. The molecule has 0 saturated carbocycles. The average molecular weight is 398 g/mol. The van der Waals surface area contributed by atoms with Gasteiger partial charge in [0.05, 0.1) is 24.9 Å². The third kappa shape index (κ3) is 6.54. The number of aromatic nitrogens is 1. The van der Waals surface area contributed by atoms with Gasteiger partial charge in [-0.2, -0.15) is 0 Å². The summed E-state index contributed by atoms with van der Waals surface area (Å²) < 4.78 is 24.2. The van der Waals surface area contributed by atoms with Crippen molar-refractivity contribution < 1.29 is 23.5 Å². The topological polar surface area (TPSA) is 97.8 Å². The molecule has 0 saturated heterocycles. The van der Waals surface area contributed by atoms with Crippen LogP contribution in [0.3, 0.4) is 0 Å². The second-order valence-corrected chi connectivity index (χ2v) is 8.54. The van der Waals surface area contributed by atoms with Crippen molar-refractivity contribution in [1.82, 2.24) is 10.3 Å². The average Bonchev–Trinajstić information content (AvgIpc) is 2.63. The van der Waals surface area contributed by atoms with Gasteiger partial charge in [-0.3, -0.25) is 14.3 Å². The molecule has 7 nitrogen and oxygen atoms in total. The fourth-order valence-electron chi connectivity index (χ4n) is 2.85. The minimum Gasteiger partial charge on any atom is -0.388 e. The Bertz CT molecular complexity index is 653. The molecule has 1 amide bonds. The van der Waals surface area contributed by atoms with Crippen LogP contribution < -0.4 is 5.32 Å². The molecule has 2 N–H and O–H groups in total. The van der Waals surface area contributed by atoms with Gasteiger partial charge in [-0.05, 0) is 44.4 Å². The van der Waals surface area contributed by atoms with Gasteiger partial charge >= 0.3 is 7.60 Å². The molecule has 0 aliphatic carbocycles. The fourth-order valence-corrected chi connectivity index (χ4v) is 4.86. The van der Waals surface area contributed by atoms with Crippen LogP contribution in [0.25, 0.3) is 0 Å². The molecule has 0 bridgehead atoms. The number of rotatable bonds is 11. The summed E-state index contributed by atoms with van der Waals surface area (Å²) in [5.74, 6) is -0.329. The van der Waals surface area contributed by atoms with Crippen molar-refractivity contribution in [2.45, 2.75) is 46.4 Å². The Balaban J connectivity index is 3.13. The number of hydrogen-bond acceptors (Lipinski definition) is 6. The number of carbonyl (C=O) groups excluding carboxylic acids is 1. The summed E-state index contributed by atoms with van der Waals surface area (Å²) in [4.78, 5) is 16.3. The number of carbonyl (C=O) groups is 1. The van der Waals surface area contributed by atoms with Crippen LogP contribution in [0.5, 0.6) is 0 Å². The van der Waals surface area contributed by atoms with Crippen LogP contribution in [0, 0.1) is 5.92 Å². The molecule has 0 fully saturated rings. The third-order valence-electron chi connectivity index (χ3n) is 4.13. The first-order valence-electron chi connectivity index (χ1n) is 9.21. The fraction of sp³-hybridized carbons (Fsp3) is 0.579. The van der Waals surface area contributed by atoms with E-state index in [1.54, 1.807) is 38.3 Å². The summed E-state index contributed by atoms with van der Waals surface area (Å²) in [6.45, 7) is 9.40. The molecular weight excluding hydrogens is 367 g/mol. The molecule has 1 rings (SSSR count).